The van der Waals surface area contributed by atoms with E-state index in [-0.39, 0.29) is 5.75 Å². The van der Waals surface area contributed by atoms with Crippen LogP contribution in [0.3, 0.4) is 0 Å². The molecule has 0 aliphatic rings. The molecule has 2 atom stereocenters. The van der Waals surface area contributed by atoms with Gasteiger partial charge in [-0.15, -0.1) is 0 Å². The molecule has 0 fully saturated rings. The van der Waals surface area contributed by atoms with Gasteiger partial charge in [-0.25, -0.2) is 8.42 Å². The van der Waals surface area contributed by atoms with Gasteiger partial charge in [0.15, 0.2) is 14.0 Å². The zero-order valence-corrected chi connectivity index (χ0v) is 10.9. The van der Waals surface area contributed by atoms with Crippen LogP contribution in [-0.2, 0) is 9.84 Å². The highest BCUT2D eigenvalue weighted by atomic mass is 35.5. The van der Waals surface area contributed by atoms with Crippen molar-refractivity contribution >= 4 is 21.4 Å². The molecule has 0 aromatic rings. The third-order valence-electron chi connectivity index (χ3n) is 2.30. The van der Waals surface area contributed by atoms with Crippen LogP contribution in [0, 0.1) is 5.41 Å². The Morgan fingerprint density at radius 3 is 1.86 bits per heavy atom. The summed E-state index contributed by atoms with van der Waals surface area (Å²) in [5.74, 6) is -0.0693. The Labute approximate surface area is 91.4 Å². The van der Waals surface area contributed by atoms with Crippen molar-refractivity contribution in [2.45, 2.75) is 44.9 Å². The van der Waals surface area contributed by atoms with Crippen molar-refractivity contribution in [1.29, 1.82) is 0 Å². The molecule has 0 aromatic heterocycles. The third-order valence-corrected chi connectivity index (χ3v) is 5.41. The van der Waals surface area contributed by atoms with Crippen molar-refractivity contribution in [2.24, 2.45) is 5.41 Å². The SMILES string of the molecule is CCS(=O)(=O)[C@@](C)(Cl)[C@H](O)C(C)(C)C. The molecule has 5 heteroatoms. The molecule has 0 heterocycles. The van der Waals surface area contributed by atoms with Crippen LogP contribution in [0.15, 0.2) is 0 Å². The fourth-order valence-electron chi connectivity index (χ4n) is 1.23. The lowest BCUT2D eigenvalue weighted by Gasteiger charge is -2.36. The summed E-state index contributed by atoms with van der Waals surface area (Å²) in [7, 11) is -3.46. The third kappa shape index (κ3) is 2.61. The second-order valence-corrected chi connectivity index (χ2v) is 8.32. The van der Waals surface area contributed by atoms with Crippen molar-refractivity contribution < 1.29 is 13.5 Å². The Hall–Kier alpha value is 0.200. The highest BCUT2D eigenvalue weighted by molar-refractivity contribution is 7.94. The number of halogens is 1. The van der Waals surface area contributed by atoms with Gasteiger partial charge in [-0.05, 0) is 12.3 Å². The first-order chi connectivity index (χ1) is 5.97. The minimum atomic E-state index is -3.46. The van der Waals surface area contributed by atoms with Crippen LogP contribution in [0.4, 0.5) is 0 Å². The molecular formula is C9H19ClO3S. The minimum Gasteiger partial charge on any atom is -0.390 e. The first kappa shape index (κ1) is 14.2. The molecule has 0 unspecified atom stereocenters. The normalized spacial score (nSPS) is 20.2. The monoisotopic (exact) mass is 242 g/mol. The predicted molar refractivity (Wildman–Crippen MR) is 59.2 cm³/mol. The molecule has 0 spiro atoms. The van der Waals surface area contributed by atoms with Crippen molar-refractivity contribution in [3.8, 4) is 0 Å². The van der Waals surface area contributed by atoms with Crippen LogP contribution in [0.2, 0.25) is 0 Å². The highest BCUT2D eigenvalue weighted by Gasteiger charge is 2.47. The molecule has 3 nitrogen and oxygen atoms in total. The van der Waals surface area contributed by atoms with Crippen LogP contribution in [0.1, 0.15) is 34.6 Å². The van der Waals surface area contributed by atoms with Gasteiger partial charge < -0.3 is 5.11 Å². The molecule has 0 amide bonds. The Morgan fingerprint density at radius 1 is 1.29 bits per heavy atom. The number of hydrogen-bond acceptors (Lipinski definition) is 3. The van der Waals surface area contributed by atoms with Crippen molar-refractivity contribution in [2.75, 3.05) is 5.75 Å². The van der Waals surface area contributed by atoms with E-state index in [1.807, 2.05) is 0 Å². The number of rotatable bonds is 3. The summed E-state index contributed by atoms with van der Waals surface area (Å²) in [6.45, 7) is 8.13. The molecule has 0 aromatic carbocycles. The van der Waals surface area contributed by atoms with Crippen LogP contribution in [0.5, 0.6) is 0 Å². The van der Waals surface area contributed by atoms with E-state index in [0.717, 1.165) is 0 Å². The van der Waals surface area contributed by atoms with E-state index in [1.54, 1.807) is 20.8 Å². The first-order valence-electron chi connectivity index (χ1n) is 4.56. The van der Waals surface area contributed by atoms with Gasteiger partial charge in [0.1, 0.15) is 0 Å². The molecule has 0 saturated carbocycles. The van der Waals surface area contributed by atoms with Gasteiger partial charge in [-0.2, -0.15) is 0 Å². The van der Waals surface area contributed by atoms with E-state index in [4.69, 9.17) is 11.6 Å². The maximum absolute atomic E-state index is 11.6. The standard InChI is InChI=1S/C9H19ClO3S/c1-6-14(12,13)9(5,10)7(11)8(2,3)4/h7,11H,6H2,1-5H3/t7-,9-/m1/s1. The second kappa shape index (κ2) is 3.99. The van der Waals surface area contributed by atoms with Crippen LogP contribution < -0.4 is 0 Å². The molecule has 86 valence electrons. The average molecular weight is 243 g/mol. The summed E-state index contributed by atoms with van der Waals surface area (Å²) >= 11 is 5.93. The number of aliphatic hydroxyl groups is 1. The second-order valence-electron chi connectivity index (χ2n) is 4.66. The van der Waals surface area contributed by atoms with E-state index < -0.39 is 25.6 Å². The van der Waals surface area contributed by atoms with Gasteiger partial charge in [0, 0.05) is 5.75 Å². The van der Waals surface area contributed by atoms with Crippen molar-refractivity contribution in [1.82, 2.24) is 0 Å². The fourth-order valence-corrected chi connectivity index (χ4v) is 3.14. The zero-order chi connectivity index (χ0) is 11.8. The summed E-state index contributed by atoms with van der Waals surface area (Å²) in [6.07, 6.45) is -1.10. The fraction of sp³-hybridized carbons (Fsp3) is 1.00. The van der Waals surface area contributed by atoms with E-state index in [0.29, 0.717) is 0 Å². The Balaban J connectivity index is 5.18. The van der Waals surface area contributed by atoms with Crippen molar-refractivity contribution in [3.63, 3.8) is 0 Å². The van der Waals surface area contributed by atoms with Gasteiger partial charge in [-0.3, -0.25) is 0 Å². The van der Waals surface area contributed by atoms with E-state index in [1.165, 1.54) is 13.8 Å². The molecule has 0 rings (SSSR count). The Morgan fingerprint density at radius 2 is 1.64 bits per heavy atom. The lowest BCUT2D eigenvalue weighted by molar-refractivity contribution is 0.0522. The molecule has 0 bridgehead atoms. The quantitative estimate of drug-likeness (QED) is 0.768. The lowest BCUT2D eigenvalue weighted by atomic mass is 9.87. The minimum absolute atomic E-state index is 0.0693. The largest absolute Gasteiger partial charge is 0.390 e. The summed E-state index contributed by atoms with van der Waals surface area (Å²) in [4.78, 5) is 0. The number of alkyl halides is 1. The maximum atomic E-state index is 11.6. The van der Waals surface area contributed by atoms with E-state index >= 15 is 0 Å². The van der Waals surface area contributed by atoms with Gasteiger partial charge in [0.05, 0.1) is 6.10 Å². The summed E-state index contributed by atoms with van der Waals surface area (Å²) in [5.41, 5.74) is -0.557. The highest BCUT2D eigenvalue weighted by Crippen LogP contribution is 2.36. The average Bonchev–Trinajstić information content (AvgIpc) is 2.01. The van der Waals surface area contributed by atoms with Crippen LogP contribution >= 0.6 is 11.6 Å². The predicted octanol–water partition coefficient (Wildman–Crippen LogP) is 1.78. The topological polar surface area (TPSA) is 54.4 Å². The first-order valence-corrected chi connectivity index (χ1v) is 6.59. The van der Waals surface area contributed by atoms with Gasteiger partial charge in [0.2, 0.25) is 0 Å². The Kier molecular flexibility index (Phi) is 4.04. The lowest BCUT2D eigenvalue weighted by Crippen LogP contribution is -2.49. The summed E-state index contributed by atoms with van der Waals surface area (Å²) in [5, 5.41) is 9.87. The number of sulfone groups is 1. The molecule has 0 aliphatic carbocycles. The molecule has 0 radical (unpaired) electrons. The Bertz CT molecular complexity index is 288. The van der Waals surface area contributed by atoms with Gasteiger partial charge in [0.25, 0.3) is 0 Å². The molecular weight excluding hydrogens is 224 g/mol. The van der Waals surface area contributed by atoms with E-state index in [9.17, 15) is 13.5 Å². The molecule has 1 N–H and O–H groups in total. The number of hydrogen-bond donors (Lipinski definition) is 1. The maximum Gasteiger partial charge on any atom is 0.171 e. The summed E-state index contributed by atoms with van der Waals surface area (Å²) < 4.78 is 21.6. The molecule has 14 heavy (non-hydrogen) atoms. The van der Waals surface area contributed by atoms with Crippen LogP contribution in [0.25, 0.3) is 0 Å². The van der Waals surface area contributed by atoms with Crippen molar-refractivity contribution in [3.05, 3.63) is 0 Å². The van der Waals surface area contributed by atoms with Crippen LogP contribution in [-0.4, -0.2) is 29.6 Å². The van der Waals surface area contributed by atoms with Gasteiger partial charge >= 0.3 is 0 Å². The zero-order valence-electron chi connectivity index (χ0n) is 9.33. The van der Waals surface area contributed by atoms with Gasteiger partial charge in [-0.1, -0.05) is 39.3 Å². The number of aliphatic hydroxyl groups excluding tert-OH is 1. The molecule has 0 saturated heterocycles. The van der Waals surface area contributed by atoms with E-state index in [2.05, 4.69) is 0 Å². The molecule has 0 aliphatic heterocycles. The smallest absolute Gasteiger partial charge is 0.171 e. The summed E-state index contributed by atoms with van der Waals surface area (Å²) in [6, 6.07) is 0.